The van der Waals surface area contributed by atoms with Gasteiger partial charge in [0.2, 0.25) is 0 Å². The molecular weight excluding hydrogens is 333 g/mol. The van der Waals surface area contributed by atoms with Crippen molar-refractivity contribution in [1.82, 2.24) is 9.97 Å². The quantitative estimate of drug-likeness (QED) is 0.925. The highest BCUT2D eigenvalue weighted by molar-refractivity contribution is 7.92. The molecule has 1 aromatic heterocycles. The second-order valence-electron chi connectivity index (χ2n) is 5.02. The lowest BCUT2D eigenvalue weighted by Crippen LogP contribution is -2.25. The zero-order valence-electron chi connectivity index (χ0n) is 11.0. The molecule has 0 saturated carbocycles. The first-order valence-corrected chi connectivity index (χ1v) is 9.00. The molecule has 112 valence electrons. The van der Waals surface area contributed by atoms with E-state index in [1.165, 1.54) is 0 Å². The SMILES string of the molecule is O=S1(=O)CCC[C@H]1CNc1cnc2cc(Cl)c(Cl)cc2n1. The molecule has 0 amide bonds. The first kappa shape index (κ1) is 14.8. The van der Waals surface area contributed by atoms with E-state index >= 15 is 0 Å². The van der Waals surface area contributed by atoms with Gasteiger partial charge in [-0.3, -0.25) is 4.98 Å². The molecular formula is C13H13Cl2N3O2S. The van der Waals surface area contributed by atoms with Crippen LogP contribution in [0.4, 0.5) is 5.82 Å². The number of anilines is 1. The lowest BCUT2D eigenvalue weighted by molar-refractivity contribution is 0.591. The highest BCUT2D eigenvalue weighted by Crippen LogP contribution is 2.26. The fraction of sp³-hybridized carbons (Fsp3) is 0.385. The van der Waals surface area contributed by atoms with Crippen LogP contribution in [-0.2, 0) is 9.84 Å². The van der Waals surface area contributed by atoms with E-state index in [1.807, 2.05) is 0 Å². The van der Waals surface area contributed by atoms with Crippen molar-refractivity contribution in [3.05, 3.63) is 28.4 Å². The fourth-order valence-electron chi connectivity index (χ4n) is 2.40. The predicted octanol–water partition coefficient (Wildman–Crippen LogP) is 2.93. The van der Waals surface area contributed by atoms with E-state index in [0.29, 0.717) is 39.9 Å². The van der Waals surface area contributed by atoms with Gasteiger partial charge in [-0.1, -0.05) is 23.2 Å². The van der Waals surface area contributed by atoms with E-state index in [4.69, 9.17) is 23.2 Å². The summed E-state index contributed by atoms with van der Waals surface area (Å²) in [5.74, 6) is 0.805. The monoisotopic (exact) mass is 345 g/mol. The second kappa shape index (κ2) is 5.59. The highest BCUT2D eigenvalue weighted by atomic mass is 35.5. The van der Waals surface area contributed by atoms with E-state index in [9.17, 15) is 8.42 Å². The Bertz CT molecular complexity index is 795. The molecule has 5 nitrogen and oxygen atoms in total. The van der Waals surface area contributed by atoms with Crippen molar-refractivity contribution >= 4 is 49.9 Å². The minimum atomic E-state index is -2.96. The van der Waals surface area contributed by atoms with E-state index < -0.39 is 9.84 Å². The Morgan fingerprint density at radius 2 is 1.95 bits per heavy atom. The molecule has 2 heterocycles. The first-order chi connectivity index (χ1) is 9.95. The Labute approximate surface area is 132 Å². The zero-order valence-corrected chi connectivity index (χ0v) is 13.3. The molecule has 0 bridgehead atoms. The van der Waals surface area contributed by atoms with Crippen LogP contribution < -0.4 is 5.32 Å². The van der Waals surface area contributed by atoms with Crippen LogP contribution in [0, 0.1) is 0 Å². The van der Waals surface area contributed by atoms with E-state index in [1.54, 1.807) is 18.3 Å². The minimum Gasteiger partial charge on any atom is -0.367 e. The Balaban J connectivity index is 1.80. The van der Waals surface area contributed by atoms with Gasteiger partial charge in [0.1, 0.15) is 5.82 Å². The zero-order chi connectivity index (χ0) is 15.0. The number of fused-ring (bicyclic) bond motifs is 1. The Morgan fingerprint density at radius 1 is 1.24 bits per heavy atom. The van der Waals surface area contributed by atoms with Crippen molar-refractivity contribution in [3.63, 3.8) is 0 Å². The molecule has 1 fully saturated rings. The topological polar surface area (TPSA) is 72.0 Å². The number of nitrogens with zero attached hydrogens (tertiary/aromatic N) is 2. The van der Waals surface area contributed by atoms with Crippen LogP contribution >= 0.6 is 23.2 Å². The van der Waals surface area contributed by atoms with Crippen LogP contribution in [0.1, 0.15) is 12.8 Å². The highest BCUT2D eigenvalue weighted by Gasteiger charge is 2.30. The largest absolute Gasteiger partial charge is 0.367 e. The van der Waals surface area contributed by atoms with Gasteiger partial charge in [0.15, 0.2) is 9.84 Å². The summed E-state index contributed by atoms with van der Waals surface area (Å²) in [6, 6.07) is 3.29. The standard InChI is InChI=1S/C13H13Cl2N3O2S/c14-9-4-11-12(5-10(9)15)18-13(7-16-11)17-6-8-2-1-3-21(8,19)20/h4-5,7-8H,1-3,6H2,(H,17,18)/t8-/m0/s1. The molecule has 0 unspecified atom stereocenters. The molecule has 0 spiro atoms. The van der Waals surface area contributed by atoms with E-state index in [2.05, 4.69) is 15.3 Å². The van der Waals surface area contributed by atoms with Crippen LogP contribution in [-0.4, -0.2) is 35.9 Å². The van der Waals surface area contributed by atoms with Crippen LogP contribution in [0.3, 0.4) is 0 Å². The summed E-state index contributed by atoms with van der Waals surface area (Å²) in [7, 11) is -2.96. The second-order valence-corrected chi connectivity index (χ2v) is 8.24. The molecule has 2 aromatic rings. The van der Waals surface area contributed by atoms with Crippen molar-refractivity contribution in [2.45, 2.75) is 18.1 Å². The molecule has 8 heteroatoms. The van der Waals surface area contributed by atoms with Gasteiger partial charge in [0, 0.05) is 6.54 Å². The third-order valence-corrected chi connectivity index (χ3v) is 6.56. The molecule has 1 atom stereocenters. The summed E-state index contributed by atoms with van der Waals surface area (Å²) >= 11 is 11.9. The van der Waals surface area contributed by atoms with Crippen LogP contribution in [0.2, 0.25) is 10.0 Å². The van der Waals surface area contributed by atoms with E-state index in [0.717, 1.165) is 6.42 Å². The summed E-state index contributed by atoms with van der Waals surface area (Å²) < 4.78 is 23.5. The summed E-state index contributed by atoms with van der Waals surface area (Å²) in [6.45, 7) is 0.351. The number of rotatable bonds is 3. The normalized spacial score (nSPS) is 20.8. The smallest absolute Gasteiger partial charge is 0.154 e. The lowest BCUT2D eigenvalue weighted by atomic mass is 10.2. The molecule has 1 aromatic carbocycles. The molecule has 1 N–H and O–H groups in total. The number of hydrogen-bond acceptors (Lipinski definition) is 5. The number of halogens is 2. The minimum absolute atomic E-state index is 0.275. The number of hydrogen-bond donors (Lipinski definition) is 1. The van der Waals surface area contributed by atoms with Crippen molar-refractivity contribution in [2.24, 2.45) is 0 Å². The summed E-state index contributed by atoms with van der Waals surface area (Å²) in [4.78, 5) is 8.62. The third-order valence-electron chi connectivity index (χ3n) is 3.56. The van der Waals surface area contributed by atoms with Crippen LogP contribution in [0.15, 0.2) is 18.3 Å². The molecule has 3 rings (SSSR count). The van der Waals surface area contributed by atoms with Gasteiger partial charge in [-0.25, -0.2) is 13.4 Å². The van der Waals surface area contributed by atoms with Gasteiger partial charge in [-0.15, -0.1) is 0 Å². The summed E-state index contributed by atoms with van der Waals surface area (Å²) in [6.07, 6.45) is 2.98. The van der Waals surface area contributed by atoms with Gasteiger partial charge < -0.3 is 5.32 Å². The number of aromatic nitrogens is 2. The van der Waals surface area contributed by atoms with Gasteiger partial charge in [-0.2, -0.15) is 0 Å². The number of sulfone groups is 1. The van der Waals surface area contributed by atoms with Crippen molar-refractivity contribution in [2.75, 3.05) is 17.6 Å². The van der Waals surface area contributed by atoms with Gasteiger partial charge in [0.05, 0.1) is 38.3 Å². The third kappa shape index (κ3) is 3.07. The van der Waals surface area contributed by atoms with Crippen LogP contribution in [0.25, 0.3) is 11.0 Å². The summed E-state index contributed by atoms with van der Waals surface area (Å²) in [5.41, 5.74) is 1.26. The van der Waals surface area contributed by atoms with Gasteiger partial charge in [-0.05, 0) is 25.0 Å². The van der Waals surface area contributed by atoms with Crippen LogP contribution in [0.5, 0.6) is 0 Å². The average molecular weight is 346 g/mol. The van der Waals surface area contributed by atoms with Crippen molar-refractivity contribution in [3.8, 4) is 0 Å². The fourth-order valence-corrected chi connectivity index (χ4v) is 4.48. The number of benzene rings is 1. The first-order valence-electron chi connectivity index (χ1n) is 6.53. The maximum Gasteiger partial charge on any atom is 0.154 e. The molecule has 21 heavy (non-hydrogen) atoms. The molecule has 1 saturated heterocycles. The lowest BCUT2D eigenvalue weighted by Gasteiger charge is -2.11. The molecule has 1 aliphatic heterocycles. The van der Waals surface area contributed by atoms with Crippen molar-refractivity contribution in [1.29, 1.82) is 0 Å². The molecule has 0 radical (unpaired) electrons. The summed E-state index contributed by atoms with van der Waals surface area (Å²) in [5, 5.41) is 3.53. The maximum atomic E-state index is 11.8. The van der Waals surface area contributed by atoms with Gasteiger partial charge in [0.25, 0.3) is 0 Å². The Morgan fingerprint density at radius 3 is 2.62 bits per heavy atom. The Kier molecular flexibility index (Phi) is 3.94. The average Bonchev–Trinajstić information content (AvgIpc) is 2.77. The van der Waals surface area contributed by atoms with Gasteiger partial charge >= 0.3 is 0 Å². The number of nitrogens with one attached hydrogen (secondary N) is 1. The van der Waals surface area contributed by atoms with Crippen molar-refractivity contribution < 1.29 is 8.42 Å². The molecule has 0 aliphatic carbocycles. The predicted molar refractivity (Wildman–Crippen MR) is 84.9 cm³/mol. The van der Waals surface area contributed by atoms with E-state index in [-0.39, 0.29) is 11.0 Å². The molecule has 1 aliphatic rings. The Hall–Kier alpha value is -1.11. The maximum absolute atomic E-state index is 11.8.